The minimum Gasteiger partial charge on any atom is -0.394 e. The maximum absolute atomic E-state index is 13.0. The Morgan fingerprint density at radius 1 is 1.19 bits per heavy atom. The summed E-state index contributed by atoms with van der Waals surface area (Å²) in [6.07, 6.45) is 11.7. The third kappa shape index (κ3) is 4.74. The van der Waals surface area contributed by atoms with E-state index in [2.05, 4.69) is 20.3 Å². The summed E-state index contributed by atoms with van der Waals surface area (Å²) in [5.74, 6) is 0.708. The smallest absolute Gasteiger partial charge is 0.246 e. The normalized spacial score (nSPS) is 24.5. The first-order valence-corrected chi connectivity index (χ1v) is 13.3. The van der Waals surface area contributed by atoms with E-state index >= 15 is 0 Å². The summed E-state index contributed by atoms with van der Waals surface area (Å²) in [6, 6.07) is 10.4. The number of carbonyl (C=O) groups excluding carboxylic acids is 1. The van der Waals surface area contributed by atoms with Gasteiger partial charge in [-0.1, -0.05) is 36.4 Å². The molecule has 3 atom stereocenters. The van der Waals surface area contributed by atoms with Crippen LogP contribution in [0.15, 0.2) is 55.0 Å². The average molecular weight is 503 g/mol. The topological polar surface area (TPSA) is 106 Å². The Kier molecular flexibility index (Phi) is 6.67. The molecule has 9 heteroatoms. The highest BCUT2D eigenvalue weighted by atomic mass is 16.3. The summed E-state index contributed by atoms with van der Waals surface area (Å²) >= 11 is 0. The third-order valence-electron chi connectivity index (χ3n) is 8.20. The highest BCUT2D eigenvalue weighted by Crippen LogP contribution is 2.35. The third-order valence-corrected chi connectivity index (χ3v) is 8.20. The molecule has 1 aromatic carbocycles. The molecule has 1 amide bonds. The number of aromatic nitrogens is 3. The van der Waals surface area contributed by atoms with Gasteiger partial charge in [0.25, 0.3) is 0 Å². The first kappa shape index (κ1) is 24.1. The first-order valence-electron chi connectivity index (χ1n) is 13.3. The second-order valence-electron chi connectivity index (χ2n) is 10.4. The number of aliphatic hydroxyl groups excluding tert-OH is 2. The van der Waals surface area contributed by atoms with E-state index < -0.39 is 0 Å². The zero-order valence-electron chi connectivity index (χ0n) is 20.9. The number of anilines is 1. The van der Waals surface area contributed by atoms with Gasteiger partial charge in [0.05, 0.1) is 18.8 Å². The van der Waals surface area contributed by atoms with Crippen LogP contribution in [0.5, 0.6) is 0 Å². The van der Waals surface area contributed by atoms with E-state index in [0.29, 0.717) is 31.0 Å². The van der Waals surface area contributed by atoms with Gasteiger partial charge in [-0.2, -0.15) is 5.10 Å². The number of aliphatic hydroxyl groups is 2. The molecule has 0 spiro atoms. The minimum absolute atomic E-state index is 0.0270. The molecule has 9 nitrogen and oxygen atoms in total. The van der Waals surface area contributed by atoms with Crippen molar-refractivity contribution in [2.24, 2.45) is 0 Å². The Labute approximate surface area is 216 Å². The van der Waals surface area contributed by atoms with Gasteiger partial charge >= 0.3 is 0 Å². The van der Waals surface area contributed by atoms with Crippen LogP contribution < -0.4 is 5.32 Å². The molecule has 3 aliphatic heterocycles. The molecular weight excluding hydrogens is 468 g/mol. The summed E-state index contributed by atoms with van der Waals surface area (Å²) in [5, 5.41) is 27.8. The van der Waals surface area contributed by atoms with Crippen LogP contribution in [0.2, 0.25) is 0 Å². The number of rotatable bonds is 7. The van der Waals surface area contributed by atoms with E-state index in [4.69, 9.17) is 0 Å². The molecule has 6 rings (SSSR count). The van der Waals surface area contributed by atoms with Gasteiger partial charge in [-0.15, -0.1) is 0 Å². The molecule has 37 heavy (non-hydrogen) atoms. The van der Waals surface area contributed by atoms with Crippen LogP contribution in [-0.2, 0) is 17.8 Å². The van der Waals surface area contributed by atoms with Crippen molar-refractivity contribution in [3.05, 3.63) is 71.7 Å². The molecule has 194 valence electrons. The fraction of sp³-hybridized carbons (Fsp3) is 0.464. The van der Waals surface area contributed by atoms with E-state index in [1.165, 1.54) is 6.33 Å². The van der Waals surface area contributed by atoms with E-state index in [1.54, 1.807) is 6.08 Å². The van der Waals surface area contributed by atoms with Crippen molar-refractivity contribution < 1.29 is 15.0 Å². The van der Waals surface area contributed by atoms with Gasteiger partial charge in [0.1, 0.15) is 11.8 Å². The predicted octanol–water partition coefficient (Wildman–Crippen LogP) is 2.30. The summed E-state index contributed by atoms with van der Waals surface area (Å²) < 4.78 is 1.82. The molecule has 3 aliphatic rings. The summed E-state index contributed by atoms with van der Waals surface area (Å²) in [5.41, 5.74) is 4.10. The summed E-state index contributed by atoms with van der Waals surface area (Å²) in [4.78, 5) is 21.8. The average Bonchev–Trinajstić information content (AvgIpc) is 3.41. The lowest BCUT2D eigenvalue weighted by molar-refractivity contribution is -0.126. The predicted molar refractivity (Wildman–Crippen MR) is 140 cm³/mol. The molecule has 0 saturated carbocycles. The molecule has 2 saturated heterocycles. The first-order chi connectivity index (χ1) is 18.1. The number of carbonyl (C=O) groups is 1. The number of nitrogens with one attached hydrogen (secondary N) is 1. The second kappa shape index (κ2) is 10.2. The molecule has 5 heterocycles. The number of hydrogen-bond acceptors (Lipinski definition) is 7. The lowest BCUT2D eigenvalue weighted by atomic mass is 10.00. The highest BCUT2D eigenvalue weighted by Gasteiger charge is 2.39. The molecule has 3 aromatic rings. The minimum atomic E-state index is -0.282. The van der Waals surface area contributed by atoms with Crippen LogP contribution in [0, 0.1) is 0 Å². The van der Waals surface area contributed by atoms with Crippen LogP contribution in [0.3, 0.4) is 0 Å². The van der Waals surface area contributed by atoms with Crippen LogP contribution in [0.1, 0.15) is 48.4 Å². The standard InChI is InChI=1S/C28H34N6O3/c35-17-25(19-5-2-1-3-6-19)31-28-27-24-10-12-32(15-20(24)16-34(27)30-18-29-28)26(37)7-4-11-33-21-8-9-22(33)14-23(36)13-21/h1-7,16,18,21-23,25,35-36H,8-15,17H2,(H,29,30,31). The van der Waals surface area contributed by atoms with Crippen LogP contribution in [-0.4, -0.2) is 78.4 Å². The Balaban J connectivity index is 1.15. The molecule has 2 aromatic heterocycles. The number of hydrogen-bond donors (Lipinski definition) is 3. The highest BCUT2D eigenvalue weighted by molar-refractivity contribution is 5.88. The van der Waals surface area contributed by atoms with Gasteiger partial charge in [-0.25, -0.2) is 9.50 Å². The van der Waals surface area contributed by atoms with Crippen molar-refractivity contribution in [1.29, 1.82) is 0 Å². The number of amides is 1. The van der Waals surface area contributed by atoms with Crippen molar-refractivity contribution in [1.82, 2.24) is 24.4 Å². The van der Waals surface area contributed by atoms with E-state index in [1.807, 2.05) is 52.0 Å². The van der Waals surface area contributed by atoms with E-state index in [9.17, 15) is 15.0 Å². The molecular formula is C28H34N6O3. The molecule has 3 unspecified atom stereocenters. The summed E-state index contributed by atoms with van der Waals surface area (Å²) in [7, 11) is 0. The lowest BCUT2D eigenvalue weighted by Crippen LogP contribution is -2.44. The zero-order chi connectivity index (χ0) is 25.4. The van der Waals surface area contributed by atoms with E-state index in [-0.39, 0.29) is 24.7 Å². The van der Waals surface area contributed by atoms with E-state index in [0.717, 1.165) is 60.9 Å². The maximum atomic E-state index is 13.0. The van der Waals surface area contributed by atoms with Crippen LogP contribution >= 0.6 is 0 Å². The van der Waals surface area contributed by atoms with Crippen molar-refractivity contribution in [3.63, 3.8) is 0 Å². The van der Waals surface area contributed by atoms with Gasteiger partial charge in [0.15, 0.2) is 5.82 Å². The van der Waals surface area contributed by atoms with Crippen LogP contribution in [0.25, 0.3) is 5.52 Å². The Morgan fingerprint density at radius 2 is 1.97 bits per heavy atom. The number of fused-ring (bicyclic) bond motifs is 5. The van der Waals surface area contributed by atoms with Crippen molar-refractivity contribution >= 4 is 17.2 Å². The number of piperidine rings is 1. The lowest BCUT2D eigenvalue weighted by Gasteiger charge is -2.36. The van der Waals surface area contributed by atoms with Crippen LogP contribution in [0.4, 0.5) is 5.82 Å². The van der Waals surface area contributed by atoms with Gasteiger partial charge < -0.3 is 20.4 Å². The Hall–Kier alpha value is -3.27. The van der Waals surface area contributed by atoms with Crippen molar-refractivity contribution in [2.45, 2.75) is 62.9 Å². The molecule has 0 radical (unpaired) electrons. The number of nitrogens with zero attached hydrogens (tertiary/aromatic N) is 5. The maximum Gasteiger partial charge on any atom is 0.246 e. The SMILES string of the molecule is O=C(C=CCN1C2CCC1CC(O)C2)N1CCc2c(cn3ncnc(NC(CO)c4ccccc4)c23)C1. The van der Waals surface area contributed by atoms with Crippen molar-refractivity contribution in [2.75, 3.05) is 25.0 Å². The fourth-order valence-corrected chi connectivity index (χ4v) is 6.37. The van der Waals surface area contributed by atoms with Crippen molar-refractivity contribution in [3.8, 4) is 0 Å². The largest absolute Gasteiger partial charge is 0.394 e. The Bertz CT molecular complexity index is 1280. The van der Waals surface area contributed by atoms with Gasteiger partial charge in [-0.3, -0.25) is 9.69 Å². The van der Waals surface area contributed by atoms with Gasteiger partial charge in [0, 0.05) is 44.0 Å². The monoisotopic (exact) mass is 502 g/mol. The summed E-state index contributed by atoms with van der Waals surface area (Å²) in [6.45, 7) is 1.87. The quantitative estimate of drug-likeness (QED) is 0.426. The molecule has 0 aliphatic carbocycles. The zero-order valence-corrected chi connectivity index (χ0v) is 20.9. The Morgan fingerprint density at radius 3 is 2.73 bits per heavy atom. The number of benzene rings is 1. The molecule has 2 fully saturated rings. The van der Waals surface area contributed by atoms with Gasteiger partial charge in [0.2, 0.25) is 5.91 Å². The fourth-order valence-electron chi connectivity index (χ4n) is 6.37. The molecule has 3 N–H and O–H groups in total. The van der Waals surface area contributed by atoms with Gasteiger partial charge in [-0.05, 0) is 48.8 Å². The second-order valence-corrected chi connectivity index (χ2v) is 10.4. The molecule has 2 bridgehead atoms.